The van der Waals surface area contributed by atoms with E-state index in [9.17, 15) is 0 Å². The molecule has 112 valence electrons. The van der Waals surface area contributed by atoms with Crippen LogP contribution in [0.15, 0.2) is 18.3 Å². The minimum atomic E-state index is 0.329. The molecule has 0 amide bonds. The first-order chi connectivity index (χ1) is 9.51. The van der Waals surface area contributed by atoms with Gasteiger partial charge in [0.15, 0.2) is 0 Å². The molecule has 0 saturated heterocycles. The standard InChI is InChI=1S/C17H28N2S/c1-5-18-15(12-20-17(2,3)4)14-10-6-8-13-9-7-11-19-16(13)14/h7,9,11,14-15,18H,5-6,8,10,12H2,1-4H3. The molecule has 0 spiro atoms. The van der Waals surface area contributed by atoms with Crippen molar-refractivity contribution in [3.8, 4) is 0 Å². The summed E-state index contributed by atoms with van der Waals surface area (Å²) >= 11 is 2.06. The minimum Gasteiger partial charge on any atom is -0.313 e. The van der Waals surface area contributed by atoms with Crippen molar-refractivity contribution in [2.24, 2.45) is 0 Å². The van der Waals surface area contributed by atoms with Crippen molar-refractivity contribution in [1.29, 1.82) is 0 Å². The third-order valence-electron chi connectivity index (χ3n) is 3.89. The number of fused-ring (bicyclic) bond motifs is 1. The van der Waals surface area contributed by atoms with Crippen molar-refractivity contribution in [2.45, 2.75) is 63.7 Å². The van der Waals surface area contributed by atoms with Gasteiger partial charge in [-0.25, -0.2) is 0 Å². The molecular formula is C17H28N2S. The molecule has 1 heterocycles. The lowest BCUT2D eigenvalue weighted by Gasteiger charge is -2.33. The number of aromatic nitrogens is 1. The molecule has 1 N–H and O–H groups in total. The molecule has 2 unspecified atom stereocenters. The second-order valence-electron chi connectivity index (χ2n) is 6.63. The second kappa shape index (κ2) is 6.95. The van der Waals surface area contributed by atoms with E-state index in [0.717, 1.165) is 12.3 Å². The van der Waals surface area contributed by atoms with Gasteiger partial charge in [-0.3, -0.25) is 4.98 Å². The summed E-state index contributed by atoms with van der Waals surface area (Å²) in [4.78, 5) is 4.70. The van der Waals surface area contributed by atoms with E-state index in [1.54, 1.807) is 0 Å². The maximum atomic E-state index is 4.70. The van der Waals surface area contributed by atoms with Crippen molar-refractivity contribution >= 4 is 11.8 Å². The molecule has 0 aliphatic heterocycles. The van der Waals surface area contributed by atoms with Crippen LogP contribution in [-0.2, 0) is 6.42 Å². The zero-order chi connectivity index (χ0) is 14.6. The van der Waals surface area contributed by atoms with Crippen LogP contribution in [0.5, 0.6) is 0 Å². The summed E-state index contributed by atoms with van der Waals surface area (Å²) in [5.74, 6) is 1.74. The van der Waals surface area contributed by atoms with Crippen LogP contribution >= 0.6 is 11.8 Å². The predicted octanol–water partition coefficient (Wildman–Crippen LogP) is 4.01. The molecule has 0 bridgehead atoms. The fourth-order valence-corrected chi connectivity index (χ4v) is 3.99. The molecule has 1 aromatic heterocycles. The van der Waals surface area contributed by atoms with Gasteiger partial charge in [0.1, 0.15) is 0 Å². The highest BCUT2D eigenvalue weighted by Crippen LogP contribution is 2.35. The Kier molecular flexibility index (Phi) is 5.50. The zero-order valence-electron chi connectivity index (χ0n) is 13.3. The predicted molar refractivity (Wildman–Crippen MR) is 89.6 cm³/mol. The van der Waals surface area contributed by atoms with Gasteiger partial charge in [0.25, 0.3) is 0 Å². The van der Waals surface area contributed by atoms with E-state index in [4.69, 9.17) is 4.98 Å². The molecule has 1 aliphatic rings. The van der Waals surface area contributed by atoms with Crippen molar-refractivity contribution in [3.05, 3.63) is 29.6 Å². The Labute approximate surface area is 128 Å². The zero-order valence-corrected chi connectivity index (χ0v) is 14.1. The van der Waals surface area contributed by atoms with E-state index in [1.165, 1.54) is 30.5 Å². The highest BCUT2D eigenvalue weighted by Gasteiger charge is 2.29. The second-order valence-corrected chi connectivity index (χ2v) is 8.48. The highest BCUT2D eigenvalue weighted by atomic mass is 32.2. The first-order valence-electron chi connectivity index (χ1n) is 7.82. The molecule has 0 aromatic carbocycles. The molecule has 0 fully saturated rings. The molecule has 3 heteroatoms. The number of likely N-dealkylation sites (N-methyl/N-ethyl adjacent to an activating group) is 1. The third-order valence-corrected chi connectivity index (χ3v) is 5.28. The molecule has 2 atom stereocenters. The fraction of sp³-hybridized carbons (Fsp3) is 0.706. The SMILES string of the molecule is CCNC(CSC(C)(C)C)C1CCCc2cccnc21. The highest BCUT2D eigenvalue weighted by molar-refractivity contribution is 8.00. The van der Waals surface area contributed by atoms with Crippen LogP contribution in [0.3, 0.4) is 0 Å². The fourth-order valence-electron chi connectivity index (χ4n) is 2.96. The Balaban J connectivity index is 2.13. The van der Waals surface area contributed by atoms with E-state index in [-0.39, 0.29) is 0 Å². The molecule has 0 radical (unpaired) electrons. The van der Waals surface area contributed by atoms with Crippen LogP contribution in [0, 0.1) is 0 Å². The van der Waals surface area contributed by atoms with E-state index in [2.05, 4.69) is 56.9 Å². The number of hydrogen-bond donors (Lipinski definition) is 1. The number of hydrogen-bond acceptors (Lipinski definition) is 3. The maximum absolute atomic E-state index is 4.70. The van der Waals surface area contributed by atoms with E-state index >= 15 is 0 Å². The van der Waals surface area contributed by atoms with Crippen LogP contribution in [-0.4, -0.2) is 28.1 Å². The van der Waals surface area contributed by atoms with Gasteiger partial charge in [0, 0.05) is 34.4 Å². The first-order valence-corrected chi connectivity index (χ1v) is 8.81. The average Bonchev–Trinajstić information content (AvgIpc) is 2.42. The number of rotatable bonds is 5. The minimum absolute atomic E-state index is 0.329. The van der Waals surface area contributed by atoms with Gasteiger partial charge in [0.05, 0.1) is 0 Å². The Bertz CT molecular complexity index is 425. The Morgan fingerprint density at radius 3 is 2.95 bits per heavy atom. The van der Waals surface area contributed by atoms with Gasteiger partial charge in [-0.05, 0) is 37.4 Å². The van der Waals surface area contributed by atoms with Crippen molar-refractivity contribution in [3.63, 3.8) is 0 Å². The number of thioether (sulfide) groups is 1. The Hall–Kier alpha value is -0.540. The topological polar surface area (TPSA) is 24.9 Å². The van der Waals surface area contributed by atoms with E-state index < -0.39 is 0 Å². The largest absolute Gasteiger partial charge is 0.313 e. The summed E-state index contributed by atoms with van der Waals surface area (Å²) in [6.07, 6.45) is 5.72. The van der Waals surface area contributed by atoms with E-state index in [1.807, 2.05) is 6.20 Å². The van der Waals surface area contributed by atoms with Crippen LogP contribution in [0.25, 0.3) is 0 Å². The van der Waals surface area contributed by atoms with Crippen molar-refractivity contribution in [1.82, 2.24) is 10.3 Å². The van der Waals surface area contributed by atoms with Gasteiger partial charge in [-0.2, -0.15) is 11.8 Å². The number of nitrogens with zero attached hydrogens (tertiary/aromatic N) is 1. The summed E-state index contributed by atoms with van der Waals surface area (Å²) in [6, 6.07) is 4.88. The molecule has 1 aliphatic carbocycles. The monoisotopic (exact) mass is 292 g/mol. The smallest absolute Gasteiger partial charge is 0.0482 e. The molecule has 1 aromatic rings. The summed E-state index contributed by atoms with van der Waals surface area (Å²) in [5.41, 5.74) is 2.81. The summed E-state index contributed by atoms with van der Waals surface area (Å²) in [7, 11) is 0. The summed E-state index contributed by atoms with van der Waals surface area (Å²) < 4.78 is 0.329. The lowest BCUT2D eigenvalue weighted by molar-refractivity contribution is 0.417. The van der Waals surface area contributed by atoms with Gasteiger partial charge in [-0.15, -0.1) is 0 Å². The third kappa shape index (κ3) is 4.23. The van der Waals surface area contributed by atoms with Crippen LogP contribution in [0.2, 0.25) is 0 Å². The van der Waals surface area contributed by atoms with Gasteiger partial charge < -0.3 is 5.32 Å². The maximum Gasteiger partial charge on any atom is 0.0482 e. The summed E-state index contributed by atoms with van der Waals surface area (Å²) in [5, 5.41) is 3.70. The quantitative estimate of drug-likeness (QED) is 0.887. The molecular weight excluding hydrogens is 264 g/mol. The lowest BCUT2D eigenvalue weighted by Crippen LogP contribution is -2.39. The first kappa shape index (κ1) is 15.8. The van der Waals surface area contributed by atoms with Crippen LogP contribution in [0.1, 0.15) is 57.7 Å². The Morgan fingerprint density at radius 1 is 1.45 bits per heavy atom. The molecule has 0 saturated carbocycles. The number of pyridine rings is 1. The Morgan fingerprint density at radius 2 is 2.25 bits per heavy atom. The normalized spacial score (nSPS) is 20.5. The van der Waals surface area contributed by atoms with Gasteiger partial charge in [-0.1, -0.05) is 33.8 Å². The lowest BCUT2D eigenvalue weighted by atomic mass is 9.82. The molecule has 2 rings (SSSR count). The summed E-state index contributed by atoms with van der Waals surface area (Å²) in [6.45, 7) is 10.1. The molecule has 2 nitrogen and oxygen atoms in total. The number of nitrogens with one attached hydrogen (secondary N) is 1. The van der Waals surface area contributed by atoms with Crippen LogP contribution < -0.4 is 5.32 Å². The van der Waals surface area contributed by atoms with Crippen molar-refractivity contribution < 1.29 is 0 Å². The number of aryl methyl sites for hydroxylation is 1. The van der Waals surface area contributed by atoms with Gasteiger partial charge in [0.2, 0.25) is 0 Å². The average molecular weight is 292 g/mol. The van der Waals surface area contributed by atoms with Crippen molar-refractivity contribution in [2.75, 3.05) is 12.3 Å². The van der Waals surface area contributed by atoms with E-state index in [0.29, 0.717) is 16.7 Å². The van der Waals surface area contributed by atoms with Crippen LogP contribution in [0.4, 0.5) is 0 Å². The van der Waals surface area contributed by atoms with Gasteiger partial charge >= 0.3 is 0 Å². The molecule has 20 heavy (non-hydrogen) atoms.